The number of fused-ring (bicyclic) bond motifs is 1. The summed E-state index contributed by atoms with van der Waals surface area (Å²) in [5.74, 6) is 0.876. The second-order valence-electron chi connectivity index (χ2n) is 6.00. The molecule has 0 radical (unpaired) electrons. The molecule has 1 amide bonds. The Bertz CT molecular complexity index is 514. The van der Waals surface area contributed by atoms with Crippen LogP contribution in [0.2, 0.25) is 0 Å². The first-order chi connectivity index (χ1) is 10.2. The summed E-state index contributed by atoms with van der Waals surface area (Å²) < 4.78 is 5.41. The molecule has 21 heavy (non-hydrogen) atoms. The van der Waals surface area contributed by atoms with Gasteiger partial charge in [-0.2, -0.15) is 0 Å². The average Bonchev–Trinajstić information content (AvgIpc) is 2.97. The Hall–Kier alpha value is -0.910. The van der Waals surface area contributed by atoms with Gasteiger partial charge in [0.1, 0.15) is 0 Å². The van der Waals surface area contributed by atoms with Crippen LogP contribution in [0.4, 0.5) is 0 Å². The van der Waals surface area contributed by atoms with Crippen molar-refractivity contribution in [1.82, 2.24) is 4.90 Å². The smallest absolute Gasteiger partial charge is 0.264 e. The van der Waals surface area contributed by atoms with Crippen LogP contribution in [-0.2, 0) is 17.6 Å². The fourth-order valence-electron chi connectivity index (χ4n) is 3.22. The summed E-state index contributed by atoms with van der Waals surface area (Å²) in [7, 11) is 0. The SMILES string of the molecule is CCC1CCc2sc(C(=O)N3CCOC(CO)C3)cc2C1. The second kappa shape index (κ2) is 6.46. The van der Waals surface area contributed by atoms with Crippen molar-refractivity contribution < 1.29 is 14.6 Å². The molecule has 0 bridgehead atoms. The summed E-state index contributed by atoms with van der Waals surface area (Å²) in [5.41, 5.74) is 1.38. The van der Waals surface area contributed by atoms with Crippen molar-refractivity contribution in [2.45, 2.75) is 38.7 Å². The van der Waals surface area contributed by atoms with Crippen LogP contribution in [0.5, 0.6) is 0 Å². The van der Waals surface area contributed by atoms with Gasteiger partial charge >= 0.3 is 0 Å². The minimum atomic E-state index is -0.234. The molecule has 0 aromatic carbocycles. The van der Waals surface area contributed by atoms with E-state index in [1.165, 1.54) is 23.3 Å². The van der Waals surface area contributed by atoms with Crippen molar-refractivity contribution in [3.05, 3.63) is 21.4 Å². The van der Waals surface area contributed by atoms with E-state index in [0.29, 0.717) is 19.7 Å². The number of morpholine rings is 1. The first-order valence-corrected chi connectivity index (χ1v) is 8.66. The van der Waals surface area contributed by atoms with Crippen molar-refractivity contribution in [2.75, 3.05) is 26.3 Å². The minimum absolute atomic E-state index is 0.0249. The zero-order chi connectivity index (χ0) is 14.8. The van der Waals surface area contributed by atoms with Crippen LogP contribution in [0.15, 0.2) is 6.07 Å². The number of carbonyl (C=O) groups excluding carboxylic acids is 1. The number of nitrogens with zero attached hydrogens (tertiary/aromatic N) is 1. The molecule has 1 aliphatic heterocycles. The van der Waals surface area contributed by atoms with Crippen molar-refractivity contribution in [2.24, 2.45) is 5.92 Å². The predicted molar refractivity (Wildman–Crippen MR) is 82.9 cm³/mol. The van der Waals surface area contributed by atoms with E-state index in [1.807, 2.05) is 4.90 Å². The van der Waals surface area contributed by atoms with Crippen molar-refractivity contribution in [1.29, 1.82) is 0 Å². The summed E-state index contributed by atoms with van der Waals surface area (Å²) in [6.07, 6.45) is 4.48. The van der Waals surface area contributed by atoms with Crippen LogP contribution in [0.3, 0.4) is 0 Å². The lowest BCUT2D eigenvalue weighted by Crippen LogP contribution is -2.46. The quantitative estimate of drug-likeness (QED) is 0.930. The van der Waals surface area contributed by atoms with Crippen LogP contribution in [0.1, 0.15) is 39.9 Å². The molecule has 2 unspecified atom stereocenters. The van der Waals surface area contributed by atoms with Crippen molar-refractivity contribution in [3.63, 3.8) is 0 Å². The van der Waals surface area contributed by atoms with Gasteiger partial charge in [-0.05, 0) is 36.8 Å². The number of carbonyl (C=O) groups is 1. The molecule has 5 heteroatoms. The summed E-state index contributed by atoms with van der Waals surface area (Å²) in [5, 5.41) is 9.19. The summed E-state index contributed by atoms with van der Waals surface area (Å²) in [4.78, 5) is 16.7. The first kappa shape index (κ1) is 15.0. The highest BCUT2D eigenvalue weighted by molar-refractivity contribution is 7.14. The molecule has 3 rings (SSSR count). The molecule has 1 aromatic heterocycles. The summed E-state index contributed by atoms with van der Waals surface area (Å²) in [6, 6.07) is 2.10. The van der Waals surface area contributed by atoms with Gasteiger partial charge in [0, 0.05) is 18.0 Å². The van der Waals surface area contributed by atoms with Crippen LogP contribution in [-0.4, -0.2) is 48.3 Å². The van der Waals surface area contributed by atoms with E-state index >= 15 is 0 Å². The zero-order valence-electron chi connectivity index (χ0n) is 12.5. The molecule has 4 nitrogen and oxygen atoms in total. The lowest BCUT2D eigenvalue weighted by molar-refractivity contribution is -0.0446. The number of aryl methyl sites for hydroxylation is 1. The molecule has 1 aliphatic carbocycles. The molecule has 1 aromatic rings. The number of thiophene rings is 1. The van der Waals surface area contributed by atoms with E-state index in [1.54, 1.807) is 11.3 Å². The Morgan fingerprint density at radius 1 is 1.57 bits per heavy atom. The Morgan fingerprint density at radius 2 is 2.43 bits per heavy atom. The molecule has 116 valence electrons. The number of ether oxygens (including phenoxy) is 1. The van der Waals surface area contributed by atoms with Crippen molar-refractivity contribution in [3.8, 4) is 0 Å². The number of hydrogen-bond acceptors (Lipinski definition) is 4. The number of aliphatic hydroxyl groups excluding tert-OH is 1. The molecule has 2 atom stereocenters. The maximum absolute atomic E-state index is 12.6. The molecule has 2 aliphatic rings. The predicted octanol–water partition coefficient (Wildman–Crippen LogP) is 2.10. The first-order valence-electron chi connectivity index (χ1n) is 7.84. The molecular weight excluding hydrogens is 286 g/mol. The average molecular weight is 309 g/mol. The van der Waals surface area contributed by atoms with Crippen LogP contribution >= 0.6 is 11.3 Å². The van der Waals surface area contributed by atoms with Crippen LogP contribution in [0.25, 0.3) is 0 Å². The summed E-state index contributed by atoms with van der Waals surface area (Å²) >= 11 is 1.66. The van der Waals surface area contributed by atoms with Gasteiger partial charge in [-0.1, -0.05) is 13.3 Å². The monoisotopic (exact) mass is 309 g/mol. The van der Waals surface area contributed by atoms with Gasteiger partial charge in [0.15, 0.2) is 0 Å². The molecule has 0 spiro atoms. The Kier molecular flexibility index (Phi) is 4.62. The van der Waals surface area contributed by atoms with Gasteiger partial charge < -0.3 is 14.7 Å². The number of rotatable bonds is 3. The van der Waals surface area contributed by atoms with Crippen LogP contribution in [0, 0.1) is 5.92 Å². The van der Waals surface area contributed by atoms with Gasteiger partial charge in [-0.25, -0.2) is 0 Å². The lowest BCUT2D eigenvalue weighted by atomic mass is 9.87. The van der Waals surface area contributed by atoms with E-state index in [9.17, 15) is 9.90 Å². The third-order valence-corrected chi connectivity index (χ3v) is 5.83. The largest absolute Gasteiger partial charge is 0.394 e. The normalized spacial score (nSPS) is 25.7. The maximum atomic E-state index is 12.6. The van der Waals surface area contributed by atoms with E-state index < -0.39 is 0 Å². The highest BCUT2D eigenvalue weighted by Gasteiger charge is 2.27. The Labute approximate surface area is 129 Å². The van der Waals surface area contributed by atoms with Crippen molar-refractivity contribution >= 4 is 17.2 Å². The van der Waals surface area contributed by atoms with E-state index in [2.05, 4.69) is 13.0 Å². The lowest BCUT2D eigenvalue weighted by Gasteiger charge is -2.31. The van der Waals surface area contributed by atoms with Gasteiger partial charge in [0.2, 0.25) is 0 Å². The molecule has 2 heterocycles. The Morgan fingerprint density at radius 3 is 3.19 bits per heavy atom. The van der Waals surface area contributed by atoms with E-state index in [0.717, 1.165) is 23.6 Å². The zero-order valence-corrected chi connectivity index (χ0v) is 13.3. The molecule has 0 saturated carbocycles. The third kappa shape index (κ3) is 3.15. The number of amides is 1. The molecule has 1 saturated heterocycles. The number of aliphatic hydroxyl groups is 1. The topological polar surface area (TPSA) is 49.8 Å². The third-order valence-electron chi connectivity index (χ3n) is 4.60. The highest BCUT2D eigenvalue weighted by atomic mass is 32.1. The van der Waals surface area contributed by atoms with Crippen LogP contribution < -0.4 is 0 Å². The highest BCUT2D eigenvalue weighted by Crippen LogP contribution is 2.34. The van der Waals surface area contributed by atoms with Gasteiger partial charge in [0.05, 0.1) is 24.2 Å². The minimum Gasteiger partial charge on any atom is -0.394 e. The van der Waals surface area contributed by atoms with E-state index in [4.69, 9.17) is 4.74 Å². The second-order valence-corrected chi connectivity index (χ2v) is 7.14. The maximum Gasteiger partial charge on any atom is 0.264 e. The summed E-state index contributed by atoms with van der Waals surface area (Å²) in [6.45, 7) is 3.85. The van der Waals surface area contributed by atoms with Gasteiger partial charge in [-0.3, -0.25) is 4.79 Å². The molecule has 1 fully saturated rings. The number of hydrogen-bond donors (Lipinski definition) is 1. The molecule has 1 N–H and O–H groups in total. The van der Waals surface area contributed by atoms with Gasteiger partial charge in [0.25, 0.3) is 5.91 Å². The fourth-order valence-corrected chi connectivity index (χ4v) is 4.40. The fraction of sp³-hybridized carbons (Fsp3) is 0.688. The van der Waals surface area contributed by atoms with E-state index in [-0.39, 0.29) is 18.6 Å². The molecular formula is C16H23NO3S. The standard InChI is InChI=1S/C16H23NO3S/c1-2-11-3-4-14-12(7-11)8-15(21-14)16(19)17-5-6-20-13(9-17)10-18/h8,11,13,18H,2-7,9-10H2,1H3. The Balaban J connectivity index is 1.72. The van der Waals surface area contributed by atoms with Gasteiger partial charge in [-0.15, -0.1) is 11.3 Å².